The normalized spacial score (nSPS) is 12.7. The van der Waals surface area contributed by atoms with E-state index in [2.05, 4.69) is 118 Å². The minimum Gasteiger partial charge on any atom is -0.462 e. The highest BCUT2D eigenvalue weighted by molar-refractivity contribution is 5.71. The van der Waals surface area contributed by atoms with Crippen molar-refractivity contribution in [1.82, 2.24) is 0 Å². The second-order valence-corrected chi connectivity index (χ2v) is 22.7. The number of hydrogen-bond donors (Lipinski definition) is 0. The van der Waals surface area contributed by atoms with Crippen LogP contribution < -0.4 is 0 Å². The molecule has 0 saturated heterocycles. The molecular formula is C74H128O6. The number of hydrogen-bond acceptors (Lipinski definition) is 6. The Morgan fingerprint density at radius 2 is 0.487 bits per heavy atom. The average Bonchev–Trinajstić information content (AvgIpc) is 3.46. The summed E-state index contributed by atoms with van der Waals surface area (Å²) in [6, 6.07) is 0. The molecule has 0 saturated carbocycles. The fourth-order valence-corrected chi connectivity index (χ4v) is 9.78. The summed E-state index contributed by atoms with van der Waals surface area (Å²) in [6.45, 7) is 6.37. The third-order valence-electron chi connectivity index (χ3n) is 14.8. The van der Waals surface area contributed by atoms with Crippen molar-refractivity contribution < 1.29 is 28.6 Å². The van der Waals surface area contributed by atoms with Crippen LogP contribution in [0.25, 0.3) is 0 Å². The van der Waals surface area contributed by atoms with E-state index in [1.54, 1.807) is 0 Å². The predicted molar refractivity (Wildman–Crippen MR) is 348 cm³/mol. The van der Waals surface area contributed by atoms with E-state index >= 15 is 0 Å². The third-order valence-corrected chi connectivity index (χ3v) is 14.8. The summed E-state index contributed by atoms with van der Waals surface area (Å²) in [5.41, 5.74) is 0. The van der Waals surface area contributed by atoms with Crippen LogP contribution in [0.3, 0.4) is 0 Å². The zero-order valence-corrected chi connectivity index (χ0v) is 52.8. The van der Waals surface area contributed by atoms with Gasteiger partial charge < -0.3 is 14.2 Å². The molecule has 0 aliphatic rings. The van der Waals surface area contributed by atoms with Crippen molar-refractivity contribution in [2.75, 3.05) is 13.2 Å². The summed E-state index contributed by atoms with van der Waals surface area (Å²) in [7, 11) is 0. The van der Waals surface area contributed by atoms with E-state index in [-0.39, 0.29) is 37.5 Å². The molecule has 6 heteroatoms. The van der Waals surface area contributed by atoms with Gasteiger partial charge in [-0.1, -0.05) is 317 Å². The van der Waals surface area contributed by atoms with Gasteiger partial charge in [-0.15, -0.1) is 0 Å². The standard InChI is InChI=1S/C74H128O6/c1-4-7-10-13-16-19-22-25-28-29-30-31-32-33-34-35-36-37-38-39-40-41-42-43-44-47-49-52-55-58-61-64-67-73(76)79-70-71(80-74(77)68-65-62-59-56-53-50-46-27-24-21-18-15-12-9-6-3)69-78-72(75)66-63-60-57-54-51-48-45-26-23-20-17-14-11-8-5-2/h8-9,11-12,17-18,20-21,26-27,45-46,51,53-54,56,71H,4-7,10,13-16,19,22-25,28-44,47-50,52,55,57-70H2,1-3H3/b11-8-,12-9-,20-17-,21-18-,45-26-,46-27-,54-51-,56-53-. The predicted octanol–water partition coefficient (Wildman–Crippen LogP) is 23.6. The Balaban J connectivity index is 4.20. The highest BCUT2D eigenvalue weighted by Gasteiger charge is 2.19. The summed E-state index contributed by atoms with van der Waals surface area (Å²) in [5, 5.41) is 0. The number of carbonyl (C=O) groups excluding carboxylic acids is 3. The summed E-state index contributed by atoms with van der Waals surface area (Å²) in [6.07, 6.45) is 91.8. The second kappa shape index (κ2) is 67.8. The van der Waals surface area contributed by atoms with Crippen molar-refractivity contribution in [3.8, 4) is 0 Å². The first-order chi connectivity index (χ1) is 39.5. The number of rotatable bonds is 62. The van der Waals surface area contributed by atoms with Crippen molar-refractivity contribution in [3.63, 3.8) is 0 Å². The molecule has 0 aromatic rings. The largest absolute Gasteiger partial charge is 0.462 e. The zero-order valence-electron chi connectivity index (χ0n) is 52.8. The van der Waals surface area contributed by atoms with Gasteiger partial charge in [0.25, 0.3) is 0 Å². The molecule has 460 valence electrons. The van der Waals surface area contributed by atoms with E-state index in [4.69, 9.17) is 14.2 Å². The number of ether oxygens (including phenoxy) is 3. The Morgan fingerprint density at radius 3 is 0.762 bits per heavy atom. The van der Waals surface area contributed by atoms with E-state index in [0.29, 0.717) is 25.7 Å². The first-order valence-electron chi connectivity index (χ1n) is 34.2. The maximum atomic E-state index is 12.9. The Bertz CT molecular complexity index is 1560. The lowest BCUT2D eigenvalue weighted by atomic mass is 10.0. The zero-order chi connectivity index (χ0) is 57.8. The molecule has 0 rings (SSSR count). The Morgan fingerprint density at radius 1 is 0.263 bits per heavy atom. The summed E-state index contributed by atoms with van der Waals surface area (Å²) < 4.78 is 16.9. The van der Waals surface area contributed by atoms with Crippen LogP contribution in [0.1, 0.15) is 335 Å². The highest BCUT2D eigenvalue weighted by Crippen LogP contribution is 2.18. The van der Waals surface area contributed by atoms with Gasteiger partial charge >= 0.3 is 17.9 Å². The topological polar surface area (TPSA) is 78.9 Å². The molecule has 80 heavy (non-hydrogen) atoms. The van der Waals surface area contributed by atoms with Gasteiger partial charge in [-0.05, 0) is 96.3 Å². The lowest BCUT2D eigenvalue weighted by Gasteiger charge is -2.18. The van der Waals surface area contributed by atoms with Crippen LogP contribution in [0, 0.1) is 0 Å². The molecule has 1 atom stereocenters. The number of allylic oxidation sites excluding steroid dienone is 16. The van der Waals surface area contributed by atoms with Gasteiger partial charge in [-0.3, -0.25) is 14.4 Å². The Labute approximate surface area is 496 Å². The molecule has 6 nitrogen and oxygen atoms in total. The van der Waals surface area contributed by atoms with Gasteiger partial charge in [0.2, 0.25) is 0 Å². The fourth-order valence-electron chi connectivity index (χ4n) is 9.78. The minimum atomic E-state index is -0.817. The molecule has 0 fully saturated rings. The monoisotopic (exact) mass is 1110 g/mol. The quantitative estimate of drug-likeness (QED) is 0.0261. The molecule has 0 aliphatic heterocycles. The SMILES string of the molecule is CC/C=C\C/C=C\C/C=C\C/C=C\CCCCC(=O)OCC(COC(=O)CCCCCCCCCCCCCCCCCCCCCCCCCCCCCCCCCC)OC(=O)CCCC/C=C\C/C=C\C/C=C\C/C=C\CC. The first-order valence-corrected chi connectivity index (χ1v) is 34.2. The highest BCUT2D eigenvalue weighted by atomic mass is 16.6. The van der Waals surface area contributed by atoms with Crippen LogP contribution in [0.5, 0.6) is 0 Å². The van der Waals surface area contributed by atoms with Crippen molar-refractivity contribution >= 4 is 17.9 Å². The number of unbranched alkanes of at least 4 members (excludes halogenated alkanes) is 35. The number of esters is 3. The van der Waals surface area contributed by atoms with Gasteiger partial charge in [-0.25, -0.2) is 0 Å². The summed E-state index contributed by atoms with van der Waals surface area (Å²) in [5.74, 6) is -0.981. The van der Waals surface area contributed by atoms with Crippen molar-refractivity contribution in [1.29, 1.82) is 0 Å². The first kappa shape index (κ1) is 76.3. The lowest BCUT2D eigenvalue weighted by Crippen LogP contribution is -2.30. The average molecular weight is 1110 g/mol. The van der Waals surface area contributed by atoms with E-state index in [9.17, 15) is 14.4 Å². The van der Waals surface area contributed by atoms with Gasteiger partial charge in [-0.2, -0.15) is 0 Å². The molecule has 0 N–H and O–H groups in total. The Kier molecular flexibility index (Phi) is 64.7. The molecule has 1 unspecified atom stereocenters. The maximum Gasteiger partial charge on any atom is 0.306 e. The molecule has 0 heterocycles. The smallest absolute Gasteiger partial charge is 0.306 e. The molecule has 0 bridgehead atoms. The molecular weight excluding hydrogens is 985 g/mol. The van der Waals surface area contributed by atoms with Crippen molar-refractivity contribution in [3.05, 3.63) is 97.2 Å². The minimum absolute atomic E-state index is 0.106. The molecule has 0 aromatic heterocycles. The van der Waals surface area contributed by atoms with Gasteiger partial charge in [0.05, 0.1) is 0 Å². The Hall–Kier alpha value is -3.67. The molecule has 0 aromatic carbocycles. The van der Waals surface area contributed by atoms with E-state index in [1.807, 2.05) is 0 Å². The van der Waals surface area contributed by atoms with Crippen LogP contribution in [-0.2, 0) is 28.6 Å². The van der Waals surface area contributed by atoms with Crippen LogP contribution in [0.4, 0.5) is 0 Å². The molecule has 0 spiro atoms. The second-order valence-electron chi connectivity index (χ2n) is 22.7. The molecule has 0 amide bonds. The van der Waals surface area contributed by atoms with Crippen LogP contribution in [0.2, 0.25) is 0 Å². The van der Waals surface area contributed by atoms with E-state index < -0.39 is 6.10 Å². The van der Waals surface area contributed by atoms with Crippen LogP contribution in [-0.4, -0.2) is 37.2 Å². The van der Waals surface area contributed by atoms with Gasteiger partial charge in [0.15, 0.2) is 6.10 Å². The number of carbonyl (C=O) groups is 3. The van der Waals surface area contributed by atoms with E-state index in [1.165, 1.54) is 186 Å². The van der Waals surface area contributed by atoms with E-state index in [0.717, 1.165) is 96.3 Å². The molecule has 0 radical (unpaired) electrons. The van der Waals surface area contributed by atoms with Crippen LogP contribution >= 0.6 is 0 Å². The summed E-state index contributed by atoms with van der Waals surface area (Å²) in [4.78, 5) is 38.3. The van der Waals surface area contributed by atoms with Crippen LogP contribution in [0.15, 0.2) is 97.2 Å². The third kappa shape index (κ3) is 65.1. The summed E-state index contributed by atoms with van der Waals surface area (Å²) >= 11 is 0. The van der Waals surface area contributed by atoms with Gasteiger partial charge in [0, 0.05) is 19.3 Å². The lowest BCUT2D eigenvalue weighted by molar-refractivity contribution is -0.167. The van der Waals surface area contributed by atoms with Gasteiger partial charge in [0.1, 0.15) is 13.2 Å². The molecule has 0 aliphatic carbocycles. The fraction of sp³-hybridized carbons (Fsp3) is 0.743. The van der Waals surface area contributed by atoms with Crippen molar-refractivity contribution in [2.24, 2.45) is 0 Å². The van der Waals surface area contributed by atoms with Crippen molar-refractivity contribution in [2.45, 2.75) is 341 Å². The maximum absolute atomic E-state index is 12.9.